The smallest absolute Gasteiger partial charge is 0.322 e. The number of nitrogens with one attached hydrogen (secondary N) is 1. The number of rotatable bonds is 7. The minimum absolute atomic E-state index is 0.367. The molecule has 0 aliphatic heterocycles. The molecule has 7 nitrogen and oxygen atoms in total. The summed E-state index contributed by atoms with van der Waals surface area (Å²) >= 11 is 0. The lowest BCUT2D eigenvalue weighted by molar-refractivity contribution is -0.140. The first-order chi connectivity index (χ1) is 8.54. The summed E-state index contributed by atoms with van der Waals surface area (Å²) < 4.78 is 26.1. The van der Waals surface area contributed by atoms with Gasteiger partial charge in [-0.3, -0.25) is 9.59 Å². The maximum Gasteiger partial charge on any atom is 0.322 e. The molecule has 8 heteroatoms. The molecule has 0 spiro atoms. The number of carboxylic acids is 1. The first-order valence-corrected chi connectivity index (χ1v) is 7.54. The summed E-state index contributed by atoms with van der Waals surface area (Å²) in [6.07, 6.45) is 0.509. The van der Waals surface area contributed by atoms with Gasteiger partial charge in [0.25, 0.3) is 0 Å². The van der Waals surface area contributed by atoms with Gasteiger partial charge in [0, 0.05) is 14.1 Å². The van der Waals surface area contributed by atoms with Crippen LogP contribution in [0.4, 0.5) is 0 Å². The molecule has 1 amide bonds. The van der Waals surface area contributed by atoms with Gasteiger partial charge in [0.05, 0.1) is 0 Å². The van der Waals surface area contributed by atoms with Crippen LogP contribution >= 0.6 is 0 Å². The highest BCUT2D eigenvalue weighted by atomic mass is 32.2. The van der Waals surface area contributed by atoms with Gasteiger partial charge in [-0.1, -0.05) is 20.3 Å². The second kappa shape index (κ2) is 6.85. The summed E-state index contributed by atoms with van der Waals surface area (Å²) in [5.74, 6) is -2.21. The van der Waals surface area contributed by atoms with E-state index in [1.807, 2.05) is 0 Å². The van der Waals surface area contributed by atoms with Crippen LogP contribution in [-0.2, 0) is 19.6 Å². The molecular formula is C11H22N2O5S. The molecule has 0 saturated carbocycles. The molecule has 0 fully saturated rings. The maximum atomic E-state index is 12.0. The Kier molecular flexibility index (Phi) is 6.44. The molecule has 0 aromatic carbocycles. The highest BCUT2D eigenvalue weighted by molar-refractivity contribution is 7.90. The van der Waals surface area contributed by atoms with Crippen molar-refractivity contribution in [3.05, 3.63) is 0 Å². The molecule has 0 aromatic rings. The van der Waals surface area contributed by atoms with E-state index in [9.17, 15) is 18.0 Å². The zero-order valence-electron chi connectivity index (χ0n) is 11.9. The molecule has 3 atom stereocenters. The van der Waals surface area contributed by atoms with Crippen LogP contribution < -0.4 is 4.72 Å². The number of carbonyl (C=O) groups is 2. The van der Waals surface area contributed by atoms with Gasteiger partial charge in [-0.2, -0.15) is 4.72 Å². The Balaban J connectivity index is 5.12. The molecule has 0 saturated heterocycles. The van der Waals surface area contributed by atoms with E-state index in [0.717, 1.165) is 4.90 Å². The lowest BCUT2D eigenvalue weighted by Gasteiger charge is -2.23. The molecule has 0 aliphatic carbocycles. The summed E-state index contributed by atoms with van der Waals surface area (Å²) in [6.45, 7) is 4.64. The summed E-state index contributed by atoms with van der Waals surface area (Å²) in [4.78, 5) is 23.9. The number of hydrogen-bond donors (Lipinski definition) is 2. The van der Waals surface area contributed by atoms with Gasteiger partial charge in [-0.15, -0.1) is 0 Å². The molecule has 2 N–H and O–H groups in total. The van der Waals surface area contributed by atoms with E-state index >= 15 is 0 Å². The van der Waals surface area contributed by atoms with Crippen LogP contribution in [0.2, 0.25) is 0 Å². The van der Waals surface area contributed by atoms with Gasteiger partial charge in [-0.05, 0) is 12.8 Å². The highest BCUT2D eigenvalue weighted by Crippen LogP contribution is 2.11. The third kappa shape index (κ3) is 4.79. The average Bonchev–Trinajstić information content (AvgIpc) is 2.32. The van der Waals surface area contributed by atoms with Crippen molar-refractivity contribution in [3.8, 4) is 0 Å². The van der Waals surface area contributed by atoms with Gasteiger partial charge in [0.1, 0.15) is 6.04 Å². The summed E-state index contributed by atoms with van der Waals surface area (Å²) in [5.41, 5.74) is 0. The Morgan fingerprint density at radius 3 is 2.05 bits per heavy atom. The topological polar surface area (TPSA) is 104 Å². The van der Waals surface area contributed by atoms with Gasteiger partial charge in [-0.25, -0.2) is 8.42 Å². The Labute approximate surface area is 114 Å². The summed E-state index contributed by atoms with van der Waals surface area (Å²) in [5, 5.41) is 7.72. The van der Waals surface area contributed by atoms with Crippen molar-refractivity contribution >= 4 is 21.9 Å². The number of aliphatic carboxylic acids is 1. The Morgan fingerprint density at radius 1 is 1.26 bits per heavy atom. The van der Waals surface area contributed by atoms with Crippen molar-refractivity contribution in [2.75, 3.05) is 14.1 Å². The first-order valence-electron chi connectivity index (χ1n) is 5.99. The number of carbonyl (C=O) groups excluding carboxylic acids is 1. The molecular weight excluding hydrogens is 272 g/mol. The number of nitrogens with zero attached hydrogens (tertiary/aromatic N) is 1. The number of carboxylic acid groups (broad SMARTS) is 1. The van der Waals surface area contributed by atoms with Crippen LogP contribution in [0.25, 0.3) is 0 Å². The summed E-state index contributed by atoms with van der Waals surface area (Å²) in [7, 11) is -1.14. The lowest BCUT2D eigenvalue weighted by atomic mass is 10.0. The van der Waals surface area contributed by atoms with E-state index < -0.39 is 33.2 Å². The molecule has 0 aromatic heterocycles. The van der Waals surface area contributed by atoms with Gasteiger partial charge in [0.15, 0.2) is 5.25 Å². The van der Waals surface area contributed by atoms with Crippen LogP contribution in [0.5, 0.6) is 0 Å². The summed E-state index contributed by atoms with van der Waals surface area (Å²) in [6, 6.07) is -1.23. The second-order valence-electron chi connectivity index (χ2n) is 4.74. The molecule has 0 rings (SSSR count). The standard InChI is InChI=1S/C11H22N2O5S/c1-6-7(2)9(11(15)16)12-19(17,18)8(3)10(14)13(4)5/h7-9,12H,6H2,1-5H3,(H,15,16)/t7-,8?,9-/m0/s1. The van der Waals surface area contributed by atoms with Crippen LogP contribution in [0.3, 0.4) is 0 Å². The maximum absolute atomic E-state index is 12.0. The monoisotopic (exact) mass is 294 g/mol. The predicted octanol–water partition coefficient (Wildman–Crippen LogP) is -0.118. The Bertz CT molecular complexity index is 432. The van der Waals surface area contributed by atoms with Crippen molar-refractivity contribution < 1.29 is 23.1 Å². The van der Waals surface area contributed by atoms with Crippen LogP contribution in [-0.4, -0.2) is 55.7 Å². The highest BCUT2D eigenvalue weighted by Gasteiger charge is 2.35. The van der Waals surface area contributed by atoms with Crippen molar-refractivity contribution in [3.63, 3.8) is 0 Å². The first kappa shape index (κ1) is 17.8. The van der Waals surface area contributed by atoms with E-state index in [4.69, 9.17) is 5.11 Å². The number of sulfonamides is 1. The van der Waals surface area contributed by atoms with Gasteiger partial charge < -0.3 is 10.0 Å². The van der Waals surface area contributed by atoms with Crippen LogP contribution in [0, 0.1) is 5.92 Å². The van der Waals surface area contributed by atoms with E-state index in [1.54, 1.807) is 13.8 Å². The molecule has 0 radical (unpaired) electrons. The normalized spacial score (nSPS) is 16.5. The average molecular weight is 294 g/mol. The van der Waals surface area contributed by atoms with E-state index in [2.05, 4.69) is 4.72 Å². The van der Waals surface area contributed by atoms with Crippen LogP contribution in [0.15, 0.2) is 0 Å². The molecule has 19 heavy (non-hydrogen) atoms. The molecule has 0 aliphatic rings. The second-order valence-corrected chi connectivity index (χ2v) is 6.77. The molecule has 1 unspecified atom stereocenters. The van der Waals surface area contributed by atoms with Gasteiger partial charge >= 0.3 is 5.97 Å². The number of amides is 1. The fourth-order valence-electron chi connectivity index (χ4n) is 1.42. The fraction of sp³-hybridized carbons (Fsp3) is 0.818. The van der Waals surface area contributed by atoms with E-state index in [-0.39, 0.29) is 5.92 Å². The predicted molar refractivity (Wildman–Crippen MR) is 71.1 cm³/mol. The van der Waals surface area contributed by atoms with Gasteiger partial charge in [0.2, 0.25) is 15.9 Å². The lowest BCUT2D eigenvalue weighted by Crippen LogP contribution is -2.51. The molecule has 0 heterocycles. The van der Waals surface area contributed by atoms with E-state index in [1.165, 1.54) is 21.0 Å². The zero-order chi connectivity index (χ0) is 15.4. The quantitative estimate of drug-likeness (QED) is 0.681. The van der Waals surface area contributed by atoms with Crippen LogP contribution in [0.1, 0.15) is 27.2 Å². The number of hydrogen-bond acceptors (Lipinski definition) is 4. The molecule has 112 valence electrons. The largest absolute Gasteiger partial charge is 0.480 e. The fourth-order valence-corrected chi connectivity index (χ4v) is 2.79. The minimum Gasteiger partial charge on any atom is -0.480 e. The van der Waals surface area contributed by atoms with E-state index in [0.29, 0.717) is 6.42 Å². The van der Waals surface area contributed by atoms with Crippen molar-refractivity contribution in [1.29, 1.82) is 0 Å². The van der Waals surface area contributed by atoms with Crippen molar-refractivity contribution in [1.82, 2.24) is 9.62 Å². The Morgan fingerprint density at radius 2 is 1.74 bits per heavy atom. The van der Waals surface area contributed by atoms with Crippen molar-refractivity contribution in [2.24, 2.45) is 5.92 Å². The minimum atomic E-state index is -4.03. The third-order valence-corrected chi connectivity index (χ3v) is 4.74. The van der Waals surface area contributed by atoms with Crippen molar-refractivity contribution in [2.45, 2.75) is 38.5 Å². The SMILES string of the molecule is CC[C@H](C)[C@H](NS(=O)(=O)C(C)C(=O)N(C)C)C(=O)O. The molecule has 0 bridgehead atoms. The third-order valence-electron chi connectivity index (χ3n) is 3.02. The Hall–Kier alpha value is -1.15. The zero-order valence-corrected chi connectivity index (χ0v) is 12.7.